The second-order valence-electron chi connectivity index (χ2n) is 5.72. The van der Waals surface area contributed by atoms with Crippen molar-refractivity contribution in [3.63, 3.8) is 0 Å². The van der Waals surface area contributed by atoms with E-state index in [-0.39, 0.29) is 18.2 Å². The standard InChI is InChI=1S/C19H22N2O3/c1-12-8-9-17(24-4)16(10-12)21-19(23)11-18(22)20-15-7-5-6-13(2)14(15)3/h5-10H,11H2,1-4H3,(H,20,22)(H,21,23). The van der Waals surface area contributed by atoms with Crippen molar-refractivity contribution in [1.29, 1.82) is 0 Å². The lowest BCUT2D eigenvalue weighted by Gasteiger charge is -2.12. The van der Waals surface area contributed by atoms with E-state index in [0.717, 1.165) is 22.4 Å². The Morgan fingerprint density at radius 1 is 0.958 bits per heavy atom. The number of amides is 2. The van der Waals surface area contributed by atoms with Crippen LogP contribution in [-0.2, 0) is 9.59 Å². The molecule has 0 aromatic heterocycles. The highest BCUT2D eigenvalue weighted by atomic mass is 16.5. The van der Waals surface area contributed by atoms with Crippen LogP contribution >= 0.6 is 0 Å². The highest BCUT2D eigenvalue weighted by Crippen LogP contribution is 2.25. The average Bonchev–Trinajstić information content (AvgIpc) is 2.52. The minimum absolute atomic E-state index is 0.259. The van der Waals surface area contributed by atoms with Crippen LogP contribution in [0.2, 0.25) is 0 Å². The molecule has 0 saturated carbocycles. The van der Waals surface area contributed by atoms with E-state index >= 15 is 0 Å². The molecule has 0 aliphatic heterocycles. The number of benzene rings is 2. The van der Waals surface area contributed by atoms with Crippen molar-refractivity contribution >= 4 is 23.2 Å². The first-order valence-electron chi connectivity index (χ1n) is 7.71. The van der Waals surface area contributed by atoms with Gasteiger partial charge in [0.1, 0.15) is 12.2 Å². The SMILES string of the molecule is COc1ccc(C)cc1NC(=O)CC(=O)Nc1cccc(C)c1C. The Balaban J connectivity index is 2.01. The van der Waals surface area contributed by atoms with Gasteiger partial charge in [-0.05, 0) is 55.7 Å². The number of carbonyl (C=O) groups is 2. The molecule has 0 bridgehead atoms. The van der Waals surface area contributed by atoms with Crippen molar-refractivity contribution in [2.24, 2.45) is 0 Å². The van der Waals surface area contributed by atoms with Gasteiger partial charge in [-0.1, -0.05) is 18.2 Å². The molecule has 2 N–H and O–H groups in total. The highest BCUT2D eigenvalue weighted by Gasteiger charge is 2.13. The monoisotopic (exact) mass is 326 g/mol. The van der Waals surface area contributed by atoms with Gasteiger partial charge in [-0.25, -0.2) is 0 Å². The Hall–Kier alpha value is -2.82. The third-order valence-electron chi connectivity index (χ3n) is 3.83. The van der Waals surface area contributed by atoms with E-state index in [9.17, 15) is 9.59 Å². The molecule has 0 spiro atoms. The lowest BCUT2D eigenvalue weighted by Crippen LogP contribution is -2.22. The van der Waals surface area contributed by atoms with Gasteiger partial charge in [-0.15, -0.1) is 0 Å². The van der Waals surface area contributed by atoms with Crippen molar-refractivity contribution in [2.75, 3.05) is 17.7 Å². The number of aryl methyl sites for hydroxylation is 2. The number of rotatable bonds is 5. The van der Waals surface area contributed by atoms with E-state index in [2.05, 4.69) is 10.6 Å². The van der Waals surface area contributed by atoms with Gasteiger partial charge in [0.05, 0.1) is 12.8 Å². The smallest absolute Gasteiger partial charge is 0.233 e. The van der Waals surface area contributed by atoms with Gasteiger partial charge in [0.15, 0.2) is 0 Å². The lowest BCUT2D eigenvalue weighted by atomic mass is 10.1. The maximum Gasteiger partial charge on any atom is 0.233 e. The molecule has 0 aliphatic rings. The first-order valence-corrected chi connectivity index (χ1v) is 7.71. The Morgan fingerprint density at radius 2 is 1.62 bits per heavy atom. The van der Waals surface area contributed by atoms with E-state index < -0.39 is 0 Å². The molecule has 0 fully saturated rings. The molecule has 0 atom stereocenters. The van der Waals surface area contributed by atoms with Crippen LogP contribution in [0.3, 0.4) is 0 Å². The van der Waals surface area contributed by atoms with Crippen molar-refractivity contribution < 1.29 is 14.3 Å². The number of carbonyl (C=O) groups excluding carboxylic acids is 2. The summed E-state index contributed by atoms with van der Waals surface area (Å²) < 4.78 is 5.22. The summed E-state index contributed by atoms with van der Waals surface area (Å²) in [6.07, 6.45) is -0.259. The van der Waals surface area contributed by atoms with Crippen molar-refractivity contribution in [3.8, 4) is 5.75 Å². The second-order valence-corrected chi connectivity index (χ2v) is 5.72. The number of ether oxygens (including phenoxy) is 1. The molecule has 0 aliphatic carbocycles. The summed E-state index contributed by atoms with van der Waals surface area (Å²) in [5.41, 5.74) is 4.35. The van der Waals surface area contributed by atoms with Crippen molar-refractivity contribution in [3.05, 3.63) is 53.1 Å². The Labute approximate surface area is 142 Å². The molecule has 0 unspecified atom stereocenters. The van der Waals surface area contributed by atoms with Crippen LogP contribution in [-0.4, -0.2) is 18.9 Å². The third kappa shape index (κ3) is 4.35. The van der Waals surface area contributed by atoms with Gasteiger partial charge in [0, 0.05) is 5.69 Å². The first-order chi connectivity index (χ1) is 11.4. The third-order valence-corrected chi connectivity index (χ3v) is 3.83. The highest BCUT2D eigenvalue weighted by molar-refractivity contribution is 6.08. The molecule has 24 heavy (non-hydrogen) atoms. The zero-order valence-electron chi connectivity index (χ0n) is 14.4. The van der Waals surface area contributed by atoms with Crippen LogP contribution in [0.5, 0.6) is 5.75 Å². The largest absolute Gasteiger partial charge is 0.495 e. The molecule has 2 aromatic carbocycles. The predicted molar refractivity (Wildman–Crippen MR) is 95.5 cm³/mol. The topological polar surface area (TPSA) is 67.4 Å². The van der Waals surface area contributed by atoms with Gasteiger partial charge < -0.3 is 15.4 Å². The van der Waals surface area contributed by atoms with E-state index in [1.54, 1.807) is 12.1 Å². The molecular formula is C19H22N2O3. The maximum atomic E-state index is 12.1. The predicted octanol–water partition coefficient (Wildman–Crippen LogP) is 3.59. The number of hydrogen-bond donors (Lipinski definition) is 2. The van der Waals surface area contributed by atoms with Crippen molar-refractivity contribution in [1.82, 2.24) is 0 Å². The van der Waals surface area contributed by atoms with Crippen LogP contribution in [0, 0.1) is 20.8 Å². The van der Waals surface area contributed by atoms with Crippen LogP contribution in [0.15, 0.2) is 36.4 Å². The molecule has 2 amide bonds. The minimum Gasteiger partial charge on any atom is -0.495 e. The zero-order chi connectivity index (χ0) is 17.7. The second kappa shape index (κ2) is 7.64. The van der Waals surface area contributed by atoms with Gasteiger partial charge in [-0.3, -0.25) is 9.59 Å². The molecule has 0 saturated heterocycles. The Bertz CT molecular complexity index is 769. The van der Waals surface area contributed by atoms with Crippen molar-refractivity contribution in [2.45, 2.75) is 27.2 Å². The summed E-state index contributed by atoms with van der Waals surface area (Å²) in [5.74, 6) is -0.182. The fourth-order valence-corrected chi connectivity index (χ4v) is 2.34. The maximum absolute atomic E-state index is 12.1. The molecule has 0 heterocycles. The van der Waals surface area contributed by atoms with E-state index in [4.69, 9.17) is 4.74 Å². The van der Waals surface area contributed by atoms with Crippen LogP contribution in [0.1, 0.15) is 23.1 Å². The van der Waals surface area contributed by atoms with Gasteiger partial charge in [0.2, 0.25) is 11.8 Å². The summed E-state index contributed by atoms with van der Waals surface area (Å²) >= 11 is 0. The number of anilines is 2. The average molecular weight is 326 g/mol. The van der Waals surface area contributed by atoms with Crippen LogP contribution in [0.25, 0.3) is 0 Å². The van der Waals surface area contributed by atoms with Crippen LogP contribution < -0.4 is 15.4 Å². The first kappa shape index (κ1) is 17.5. The van der Waals surface area contributed by atoms with E-state index in [0.29, 0.717) is 11.4 Å². The summed E-state index contributed by atoms with van der Waals surface area (Å²) in [4.78, 5) is 24.2. The van der Waals surface area contributed by atoms with Gasteiger partial charge in [0.25, 0.3) is 0 Å². The molecule has 0 radical (unpaired) electrons. The normalized spacial score (nSPS) is 10.2. The molecular weight excluding hydrogens is 304 g/mol. The fourth-order valence-electron chi connectivity index (χ4n) is 2.34. The summed E-state index contributed by atoms with van der Waals surface area (Å²) in [5, 5.41) is 5.50. The molecule has 126 valence electrons. The summed E-state index contributed by atoms with van der Waals surface area (Å²) in [7, 11) is 1.54. The molecule has 5 nitrogen and oxygen atoms in total. The van der Waals surface area contributed by atoms with Crippen LogP contribution in [0.4, 0.5) is 11.4 Å². The number of hydrogen-bond acceptors (Lipinski definition) is 3. The molecule has 5 heteroatoms. The summed E-state index contributed by atoms with van der Waals surface area (Å²) in [6.45, 7) is 5.83. The molecule has 2 aromatic rings. The van der Waals surface area contributed by atoms with Gasteiger partial charge in [-0.2, -0.15) is 0 Å². The van der Waals surface area contributed by atoms with Gasteiger partial charge >= 0.3 is 0 Å². The lowest BCUT2D eigenvalue weighted by molar-refractivity contribution is -0.123. The Kier molecular flexibility index (Phi) is 5.58. The number of methoxy groups -OCH3 is 1. The quantitative estimate of drug-likeness (QED) is 0.825. The molecule has 2 rings (SSSR count). The number of nitrogens with one attached hydrogen (secondary N) is 2. The minimum atomic E-state index is -0.387. The zero-order valence-corrected chi connectivity index (χ0v) is 14.4. The summed E-state index contributed by atoms with van der Waals surface area (Å²) in [6, 6.07) is 11.1. The van der Waals surface area contributed by atoms with E-state index in [1.807, 2.05) is 45.0 Å². The fraction of sp³-hybridized carbons (Fsp3) is 0.263. The Morgan fingerprint density at radius 3 is 2.29 bits per heavy atom. The van der Waals surface area contributed by atoms with E-state index in [1.165, 1.54) is 7.11 Å².